The van der Waals surface area contributed by atoms with Gasteiger partial charge in [0.25, 0.3) is 0 Å². The SMILES string of the molecule is O=C1CCc2cc(NCC(=O)N3CCN(c4ccc(C(F)(F)F)cn4)CC3)ccc2C1. The third-order valence-corrected chi connectivity index (χ3v) is 5.74. The van der Waals surface area contributed by atoms with Crippen LogP contribution in [0, 0.1) is 0 Å². The summed E-state index contributed by atoms with van der Waals surface area (Å²) in [5.74, 6) is 0.702. The smallest absolute Gasteiger partial charge is 0.376 e. The number of nitrogens with zero attached hydrogens (tertiary/aromatic N) is 3. The molecule has 0 bridgehead atoms. The topological polar surface area (TPSA) is 65.5 Å². The quantitative estimate of drug-likeness (QED) is 0.805. The van der Waals surface area contributed by atoms with Crippen LogP contribution in [0.5, 0.6) is 0 Å². The van der Waals surface area contributed by atoms with E-state index in [-0.39, 0.29) is 18.2 Å². The maximum absolute atomic E-state index is 12.7. The molecular weight excluding hydrogens is 409 g/mol. The van der Waals surface area contributed by atoms with Crippen LogP contribution in [0.4, 0.5) is 24.7 Å². The lowest BCUT2D eigenvalue weighted by atomic mass is 9.90. The number of benzene rings is 1. The molecule has 0 unspecified atom stereocenters. The number of nitrogens with one attached hydrogen (secondary N) is 1. The zero-order chi connectivity index (χ0) is 22.0. The van der Waals surface area contributed by atoms with Crippen molar-refractivity contribution in [3.63, 3.8) is 0 Å². The van der Waals surface area contributed by atoms with Crippen molar-refractivity contribution >= 4 is 23.2 Å². The lowest BCUT2D eigenvalue weighted by Crippen LogP contribution is -2.50. The van der Waals surface area contributed by atoms with Crippen molar-refractivity contribution < 1.29 is 22.8 Å². The molecular formula is C22H23F3N4O2. The first-order chi connectivity index (χ1) is 14.8. The summed E-state index contributed by atoms with van der Waals surface area (Å²) in [7, 11) is 0. The Morgan fingerprint density at radius 3 is 2.48 bits per heavy atom. The van der Waals surface area contributed by atoms with Crippen LogP contribution in [0.2, 0.25) is 0 Å². The summed E-state index contributed by atoms with van der Waals surface area (Å²) >= 11 is 0. The van der Waals surface area contributed by atoms with E-state index in [1.54, 1.807) is 4.90 Å². The first-order valence-corrected chi connectivity index (χ1v) is 10.2. The molecule has 0 saturated carbocycles. The molecule has 9 heteroatoms. The van der Waals surface area contributed by atoms with Crippen molar-refractivity contribution in [2.75, 3.05) is 42.9 Å². The van der Waals surface area contributed by atoms with Crippen molar-refractivity contribution in [3.05, 3.63) is 53.2 Å². The molecule has 1 aliphatic heterocycles. The third kappa shape index (κ3) is 4.98. The zero-order valence-corrected chi connectivity index (χ0v) is 16.9. The van der Waals surface area contributed by atoms with Crippen molar-refractivity contribution in [3.8, 4) is 0 Å². The Hall–Kier alpha value is -3.10. The summed E-state index contributed by atoms with van der Waals surface area (Å²) in [5, 5.41) is 3.16. The Morgan fingerprint density at radius 1 is 1.03 bits per heavy atom. The second kappa shape index (κ2) is 8.56. The van der Waals surface area contributed by atoms with Crippen molar-refractivity contribution in [1.29, 1.82) is 0 Å². The van der Waals surface area contributed by atoms with E-state index in [1.807, 2.05) is 23.1 Å². The number of aromatic nitrogens is 1. The number of aryl methyl sites for hydroxylation is 1. The third-order valence-electron chi connectivity index (χ3n) is 5.74. The number of hydrogen-bond donors (Lipinski definition) is 1. The fourth-order valence-corrected chi connectivity index (χ4v) is 3.93. The molecule has 4 rings (SSSR count). The normalized spacial score (nSPS) is 16.8. The number of carbonyl (C=O) groups is 2. The Labute approximate surface area is 178 Å². The highest BCUT2D eigenvalue weighted by Crippen LogP contribution is 2.29. The molecule has 1 fully saturated rings. The van der Waals surface area contributed by atoms with Crippen molar-refractivity contribution in [1.82, 2.24) is 9.88 Å². The van der Waals surface area contributed by atoms with E-state index in [1.165, 1.54) is 6.07 Å². The van der Waals surface area contributed by atoms with Gasteiger partial charge in [-0.25, -0.2) is 4.98 Å². The van der Waals surface area contributed by atoms with E-state index in [0.717, 1.165) is 35.5 Å². The average molecular weight is 432 g/mol. The summed E-state index contributed by atoms with van der Waals surface area (Å²) in [6.07, 6.45) is -1.79. The highest BCUT2D eigenvalue weighted by molar-refractivity contribution is 5.84. The van der Waals surface area contributed by atoms with Crippen LogP contribution in [0.3, 0.4) is 0 Å². The van der Waals surface area contributed by atoms with Gasteiger partial charge in [0.05, 0.1) is 12.1 Å². The molecule has 6 nitrogen and oxygen atoms in total. The summed E-state index contributed by atoms with van der Waals surface area (Å²) in [4.78, 5) is 31.7. The molecule has 1 amide bonds. The Morgan fingerprint density at radius 2 is 1.81 bits per heavy atom. The average Bonchev–Trinajstić information content (AvgIpc) is 2.77. The van der Waals surface area contributed by atoms with Crippen molar-refractivity contribution in [2.45, 2.75) is 25.4 Å². The summed E-state index contributed by atoms with van der Waals surface area (Å²) < 4.78 is 38.0. The lowest BCUT2D eigenvalue weighted by Gasteiger charge is -2.35. The molecule has 1 aromatic carbocycles. The van der Waals surface area contributed by atoms with Gasteiger partial charge in [0.15, 0.2) is 0 Å². The van der Waals surface area contributed by atoms with E-state index in [4.69, 9.17) is 0 Å². The summed E-state index contributed by atoms with van der Waals surface area (Å²) in [6.45, 7) is 2.15. The number of hydrogen-bond acceptors (Lipinski definition) is 5. The van der Waals surface area contributed by atoms with Gasteiger partial charge in [-0.15, -0.1) is 0 Å². The fraction of sp³-hybridized carbons (Fsp3) is 0.409. The number of ketones is 1. The largest absolute Gasteiger partial charge is 0.417 e. The molecule has 2 aromatic rings. The maximum atomic E-state index is 12.7. The number of fused-ring (bicyclic) bond motifs is 1. The molecule has 31 heavy (non-hydrogen) atoms. The number of alkyl halides is 3. The Balaban J connectivity index is 1.27. The molecule has 0 radical (unpaired) electrons. The molecule has 2 heterocycles. The van der Waals surface area contributed by atoms with E-state index in [9.17, 15) is 22.8 Å². The van der Waals surface area contributed by atoms with Gasteiger partial charge in [0, 0.05) is 50.9 Å². The first kappa shape index (κ1) is 21.1. The summed E-state index contributed by atoms with van der Waals surface area (Å²) in [6, 6.07) is 8.22. The van der Waals surface area contributed by atoms with E-state index in [0.29, 0.717) is 44.8 Å². The minimum Gasteiger partial charge on any atom is -0.376 e. The number of halogens is 3. The van der Waals surface area contributed by atoms with Crippen LogP contribution in [0.25, 0.3) is 0 Å². The molecule has 2 aliphatic rings. The number of amides is 1. The first-order valence-electron chi connectivity index (χ1n) is 10.2. The predicted octanol–water partition coefficient (Wildman–Crippen LogP) is 2.92. The van der Waals surface area contributed by atoms with E-state index in [2.05, 4.69) is 10.3 Å². The van der Waals surface area contributed by atoms with Gasteiger partial charge in [0.1, 0.15) is 11.6 Å². The highest BCUT2D eigenvalue weighted by atomic mass is 19.4. The summed E-state index contributed by atoms with van der Waals surface area (Å²) in [5.41, 5.74) is 2.29. The standard InChI is InChI=1S/C22H23F3N4O2/c23-22(24,25)17-3-6-20(27-13-17)28-7-9-29(10-8-28)21(31)14-26-18-4-1-16-12-19(30)5-2-15(16)11-18/h1,3-4,6,11,13,26H,2,5,7-10,12,14H2. The number of piperazine rings is 1. The van der Waals surface area contributed by atoms with Gasteiger partial charge < -0.3 is 15.1 Å². The zero-order valence-electron chi connectivity index (χ0n) is 16.9. The van der Waals surface area contributed by atoms with Gasteiger partial charge in [-0.05, 0) is 41.8 Å². The van der Waals surface area contributed by atoms with Gasteiger partial charge >= 0.3 is 6.18 Å². The lowest BCUT2D eigenvalue weighted by molar-refractivity contribution is -0.137. The van der Waals surface area contributed by atoms with E-state index < -0.39 is 11.7 Å². The molecule has 1 saturated heterocycles. The molecule has 0 spiro atoms. The molecule has 1 aliphatic carbocycles. The molecule has 164 valence electrons. The van der Waals surface area contributed by atoms with Crippen LogP contribution in [0.15, 0.2) is 36.5 Å². The Bertz CT molecular complexity index is 968. The monoisotopic (exact) mass is 432 g/mol. The maximum Gasteiger partial charge on any atom is 0.417 e. The number of pyridine rings is 1. The van der Waals surface area contributed by atoms with Gasteiger partial charge in [-0.2, -0.15) is 13.2 Å². The molecule has 1 aromatic heterocycles. The van der Waals surface area contributed by atoms with E-state index >= 15 is 0 Å². The van der Waals surface area contributed by atoms with Crippen molar-refractivity contribution in [2.24, 2.45) is 0 Å². The van der Waals surface area contributed by atoms with Gasteiger partial charge in [-0.1, -0.05) is 6.07 Å². The number of anilines is 2. The number of carbonyl (C=O) groups excluding carboxylic acids is 2. The highest BCUT2D eigenvalue weighted by Gasteiger charge is 2.31. The minimum atomic E-state index is -4.40. The van der Waals surface area contributed by atoms with Gasteiger partial charge in [-0.3, -0.25) is 9.59 Å². The second-order valence-corrected chi connectivity index (χ2v) is 7.82. The minimum absolute atomic E-state index is 0.0343. The Kier molecular flexibility index (Phi) is 5.84. The van der Waals surface area contributed by atoms with Crippen LogP contribution in [-0.2, 0) is 28.6 Å². The van der Waals surface area contributed by atoms with Crippen LogP contribution < -0.4 is 10.2 Å². The second-order valence-electron chi connectivity index (χ2n) is 7.82. The fourth-order valence-electron chi connectivity index (χ4n) is 3.93. The number of rotatable bonds is 4. The van der Waals surface area contributed by atoms with Crippen LogP contribution in [-0.4, -0.2) is 54.3 Å². The van der Waals surface area contributed by atoms with Crippen LogP contribution in [0.1, 0.15) is 23.1 Å². The molecule has 1 N–H and O–H groups in total. The van der Waals surface area contributed by atoms with Crippen LogP contribution >= 0.6 is 0 Å². The number of Topliss-reactive ketones (excluding diaryl/α,β-unsaturated/α-hetero) is 1. The predicted molar refractivity (Wildman–Crippen MR) is 110 cm³/mol. The van der Waals surface area contributed by atoms with Gasteiger partial charge in [0.2, 0.25) is 5.91 Å². The molecule has 0 atom stereocenters.